The predicted octanol–water partition coefficient (Wildman–Crippen LogP) is 0.693. The van der Waals surface area contributed by atoms with Gasteiger partial charge in [-0.1, -0.05) is 13.0 Å². The van der Waals surface area contributed by atoms with E-state index in [-0.39, 0.29) is 19.2 Å². The van der Waals surface area contributed by atoms with Crippen molar-refractivity contribution < 1.29 is 19.1 Å². The van der Waals surface area contributed by atoms with Crippen LogP contribution < -0.4 is 20.1 Å². The summed E-state index contributed by atoms with van der Waals surface area (Å²) in [6.07, 6.45) is 0. The summed E-state index contributed by atoms with van der Waals surface area (Å²) in [5.41, 5.74) is 1.02. The largest absolute Gasteiger partial charge is 0.454 e. The maximum Gasteiger partial charge on any atom is 0.321 e. The lowest BCUT2D eigenvalue weighted by Crippen LogP contribution is -2.43. The first-order chi connectivity index (χ1) is 10.1. The van der Waals surface area contributed by atoms with Gasteiger partial charge in [-0.3, -0.25) is 15.0 Å². The van der Waals surface area contributed by atoms with Crippen LogP contribution in [0.3, 0.4) is 0 Å². The second-order valence-electron chi connectivity index (χ2n) is 4.62. The van der Waals surface area contributed by atoms with Crippen LogP contribution in [-0.2, 0) is 11.3 Å². The van der Waals surface area contributed by atoms with E-state index in [4.69, 9.17) is 9.47 Å². The van der Waals surface area contributed by atoms with Gasteiger partial charge in [-0.25, -0.2) is 4.79 Å². The number of likely N-dealkylation sites (N-methyl/N-ethyl adjacent to an activating group) is 1. The van der Waals surface area contributed by atoms with Gasteiger partial charge in [-0.05, 0) is 24.2 Å². The number of imide groups is 1. The number of fused-ring (bicyclic) bond motifs is 1. The molecule has 0 aromatic heterocycles. The number of hydrogen-bond acceptors (Lipinski definition) is 5. The molecule has 0 atom stereocenters. The molecule has 21 heavy (non-hydrogen) atoms. The van der Waals surface area contributed by atoms with Gasteiger partial charge in [-0.15, -0.1) is 0 Å². The normalized spacial score (nSPS) is 12.3. The Balaban J connectivity index is 1.93. The molecule has 114 valence electrons. The minimum atomic E-state index is -0.501. The van der Waals surface area contributed by atoms with Gasteiger partial charge in [0.25, 0.3) is 0 Å². The van der Waals surface area contributed by atoms with Crippen molar-refractivity contribution in [2.24, 2.45) is 0 Å². The van der Waals surface area contributed by atoms with Crippen molar-refractivity contribution in [3.63, 3.8) is 0 Å². The lowest BCUT2D eigenvalue weighted by atomic mass is 10.2. The van der Waals surface area contributed by atoms with Crippen LogP contribution in [0.4, 0.5) is 4.79 Å². The van der Waals surface area contributed by atoms with Crippen molar-refractivity contribution in [2.45, 2.75) is 13.5 Å². The van der Waals surface area contributed by atoms with Crippen molar-refractivity contribution in [1.29, 1.82) is 0 Å². The second kappa shape index (κ2) is 6.94. The fraction of sp³-hybridized carbons (Fsp3) is 0.429. The number of nitrogens with zero attached hydrogens (tertiary/aromatic N) is 1. The Bertz CT molecular complexity index is 533. The first-order valence-electron chi connectivity index (χ1n) is 6.74. The van der Waals surface area contributed by atoms with Crippen LogP contribution >= 0.6 is 0 Å². The van der Waals surface area contributed by atoms with E-state index in [0.29, 0.717) is 13.1 Å². The SMILES string of the molecule is CCN(CC(=O)NC(=O)NC)Cc1ccc2c(c1)OCO2. The first kappa shape index (κ1) is 15.1. The summed E-state index contributed by atoms with van der Waals surface area (Å²) in [7, 11) is 1.47. The lowest BCUT2D eigenvalue weighted by molar-refractivity contribution is -0.121. The molecule has 0 unspecified atom stereocenters. The Morgan fingerprint density at radius 2 is 2.05 bits per heavy atom. The molecule has 0 spiro atoms. The van der Waals surface area contributed by atoms with Gasteiger partial charge in [0.2, 0.25) is 12.7 Å². The van der Waals surface area contributed by atoms with Gasteiger partial charge in [0.15, 0.2) is 11.5 Å². The van der Waals surface area contributed by atoms with Gasteiger partial charge < -0.3 is 14.8 Å². The van der Waals surface area contributed by atoms with Gasteiger partial charge in [0.1, 0.15) is 0 Å². The van der Waals surface area contributed by atoms with E-state index in [1.807, 2.05) is 30.0 Å². The number of carbonyl (C=O) groups excluding carboxylic acids is 2. The molecule has 0 radical (unpaired) electrons. The van der Waals surface area contributed by atoms with Gasteiger partial charge in [-0.2, -0.15) is 0 Å². The summed E-state index contributed by atoms with van der Waals surface area (Å²) in [6.45, 7) is 3.63. The minimum Gasteiger partial charge on any atom is -0.454 e. The topological polar surface area (TPSA) is 79.9 Å². The third kappa shape index (κ3) is 4.09. The Kier molecular flexibility index (Phi) is 4.99. The zero-order valence-electron chi connectivity index (χ0n) is 12.1. The Morgan fingerprint density at radius 1 is 1.29 bits per heavy atom. The van der Waals surface area contributed by atoms with Crippen LogP contribution in [0.25, 0.3) is 0 Å². The summed E-state index contributed by atoms with van der Waals surface area (Å²) in [5.74, 6) is 1.12. The van der Waals surface area contributed by atoms with Crippen LogP contribution in [0.15, 0.2) is 18.2 Å². The second-order valence-corrected chi connectivity index (χ2v) is 4.62. The number of carbonyl (C=O) groups is 2. The maximum absolute atomic E-state index is 11.7. The molecule has 3 amide bonds. The van der Waals surface area contributed by atoms with E-state index in [1.54, 1.807) is 0 Å². The van der Waals surface area contributed by atoms with Crippen molar-refractivity contribution in [1.82, 2.24) is 15.5 Å². The molecule has 7 heteroatoms. The molecule has 2 rings (SSSR count). The molecule has 7 nitrogen and oxygen atoms in total. The Labute approximate surface area is 123 Å². The fourth-order valence-corrected chi connectivity index (χ4v) is 2.01. The van der Waals surface area contributed by atoms with Crippen LogP contribution in [0.2, 0.25) is 0 Å². The Morgan fingerprint density at radius 3 is 2.76 bits per heavy atom. The summed E-state index contributed by atoms with van der Waals surface area (Å²) >= 11 is 0. The van der Waals surface area contributed by atoms with Gasteiger partial charge in [0, 0.05) is 13.6 Å². The molecule has 0 fully saturated rings. The number of amides is 3. The third-order valence-electron chi connectivity index (χ3n) is 3.14. The zero-order chi connectivity index (χ0) is 15.2. The molecule has 0 saturated heterocycles. The smallest absolute Gasteiger partial charge is 0.321 e. The van der Waals surface area contributed by atoms with Crippen LogP contribution in [0, 0.1) is 0 Å². The molecule has 1 aromatic carbocycles. The highest BCUT2D eigenvalue weighted by Gasteiger charge is 2.16. The van der Waals surface area contributed by atoms with Gasteiger partial charge in [0.05, 0.1) is 6.54 Å². The quantitative estimate of drug-likeness (QED) is 0.835. The highest BCUT2D eigenvalue weighted by atomic mass is 16.7. The number of urea groups is 1. The molecule has 1 aliphatic heterocycles. The van der Waals surface area contributed by atoms with Crippen molar-refractivity contribution in [2.75, 3.05) is 26.9 Å². The minimum absolute atomic E-state index is 0.151. The number of hydrogen-bond donors (Lipinski definition) is 2. The molecule has 0 bridgehead atoms. The summed E-state index contributed by atoms with van der Waals surface area (Å²) in [6, 6.07) is 5.20. The number of benzene rings is 1. The number of rotatable bonds is 5. The highest BCUT2D eigenvalue weighted by Crippen LogP contribution is 2.32. The fourth-order valence-electron chi connectivity index (χ4n) is 2.01. The molecule has 2 N–H and O–H groups in total. The van der Waals surface area contributed by atoms with E-state index < -0.39 is 6.03 Å². The van der Waals surface area contributed by atoms with Crippen LogP contribution in [0.5, 0.6) is 11.5 Å². The monoisotopic (exact) mass is 293 g/mol. The summed E-state index contributed by atoms with van der Waals surface area (Å²) in [5, 5.41) is 4.59. The first-order valence-corrected chi connectivity index (χ1v) is 6.74. The third-order valence-corrected chi connectivity index (χ3v) is 3.14. The van der Waals surface area contributed by atoms with E-state index >= 15 is 0 Å². The molecule has 1 heterocycles. The summed E-state index contributed by atoms with van der Waals surface area (Å²) in [4.78, 5) is 24.7. The molecular weight excluding hydrogens is 274 g/mol. The zero-order valence-corrected chi connectivity index (χ0v) is 12.1. The van der Waals surface area contributed by atoms with Crippen molar-refractivity contribution >= 4 is 11.9 Å². The average Bonchev–Trinajstić information content (AvgIpc) is 2.93. The predicted molar refractivity (Wildman–Crippen MR) is 76.1 cm³/mol. The number of ether oxygens (including phenoxy) is 2. The van der Waals surface area contributed by atoms with E-state index in [9.17, 15) is 9.59 Å². The molecular formula is C14H19N3O4. The average molecular weight is 293 g/mol. The van der Waals surface area contributed by atoms with E-state index in [1.165, 1.54) is 7.05 Å². The molecule has 0 saturated carbocycles. The van der Waals surface area contributed by atoms with E-state index in [2.05, 4.69) is 10.6 Å². The highest BCUT2D eigenvalue weighted by molar-refractivity contribution is 5.95. The summed E-state index contributed by atoms with van der Waals surface area (Å²) < 4.78 is 10.6. The van der Waals surface area contributed by atoms with Crippen molar-refractivity contribution in [3.05, 3.63) is 23.8 Å². The Hall–Kier alpha value is -2.28. The van der Waals surface area contributed by atoms with Gasteiger partial charge >= 0.3 is 6.03 Å². The van der Waals surface area contributed by atoms with Crippen LogP contribution in [-0.4, -0.2) is 43.8 Å². The van der Waals surface area contributed by atoms with Crippen LogP contribution in [0.1, 0.15) is 12.5 Å². The van der Waals surface area contributed by atoms with Crippen molar-refractivity contribution in [3.8, 4) is 11.5 Å². The maximum atomic E-state index is 11.7. The lowest BCUT2D eigenvalue weighted by Gasteiger charge is -2.19. The molecule has 1 aliphatic rings. The molecule has 1 aromatic rings. The molecule has 0 aliphatic carbocycles. The van der Waals surface area contributed by atoms with E-state index in [0.717, 1.165) is 17.1 Å². The standard InChI is InChI=1S/C14H19N3O4/c1-3-17(8-13(18)16-14(19)15-2)7-10-4-5-11-12(6-10)21-9-20-11/h4-6H,3,7-9H2,1-2H3,(H2,15,16,18,19). The number of nitrogens with one attached hydrogen (secondary N) is 2.